The summed E-state index contributed by atoms with van der Waals surface area (Å²) < 4.78 is 0. The highest BCUT2D eigenvalue weighted by Crippen LogP contribution is 2.16. The molecule has 0 aromatic heterocycles. The topological polar surface area (TPSA) is 26.0 Å². The Labute approximate surface area is 87.3 Å². The predicted octanol–water partition coefficient (Wildman–Crippen LogP) is 2.77. The Morgan fingerprint density at radius 2 is 1.71 bits per heavy atom. The fraction of sp³-hybridized carbons (Fsp3) is 0.538. The van der Waals surface area contributed by atoms with E-state index in [0.29, 0.717) is 11.8 Å². The van der Waals surface area contributed by atoms with Crippen LogP contribution in [0.1, 0.15) is 25.0 Å². The predicted molar refractivity (Wildman–Crippen MR) is 62.3 cm³/mol. The van der Waals surface area contributed by atoms with Crippen molar-refractivity contribution in [3.63, 3.8) is 0 Å². The summed E-state index contributed by atoms with van der Waals surface area (Å²) in [5.41, 5.74) is 8.48. The van der Waals surface area contributed by atoms with E-state index < -0.39 is 0 Å². The van der Waals surface area contributed by atoms with Crippen LogP contribution in [0.25, 0.3) is 0 Å². The second-order valence-electron chi connectivity index (χ2n) is 4.43. The Morgan fingerprint density at radius 1 is 1.14 bits per heavy atom. The lowest BCUT2D eigenvalue weighted by Crippen LogP contribution is -2.22. The molecule has 2 N–H and O–H groups in total. The van der Waals surface area contributed by atoms with E-state index in [1.165, 1.54) is 11.1 Å². The lowest BCUT2D eigenvalue weighted by Gasteiger charge is -2.18. The lowest BCUT2D eigenvalue weighted by molar-refractivity contribution is 0.392. The van der Waals surface area contributed by atoms with Gasteiger partial charge in [0.2, 0.25) is 0 Å². The molecule has 0 saturated carbocycles. The summed E-state index contributed by atoms with van der Waals surface area (Å²) in [5.74, 6) is 1.28. The van der Waals surface area contributed by atoms with Crippen LogP contribution in [-0.4, -0.2) is 6.54 Å². The minimum Gasteiger partial charge on any atom is -0.330 e. The zero-order chi connectivity index (χ0) is 10.6. The second kappa shape index (κ2) is 5.16. The molecule has 0 amide bonds. The van der Waals surface area contributed by atoms with Gasteiger partial charge in [-0.1, -0.05) is 43.7 Å². The number of hydrogen-bond acceptors (Lipinski definition) is 1. The monoisotopic (exact) mass is 191 g/mol. The number of benzene rings is 1. The normalized spacial score (nSPS) is 13.2. The summed E-state index contributed by atoms with van der Waals surface area (Å²) in [5, 5.41) is 0. The number of hydrogen-bond donors (Lipinski definition) is 1. The largest absolute Gasteiger partial charge is 0.330 e. The maximum atomic E-state index is 5.75. The molecule has 0 heterocycles. The third kappa shape index (κ3) is 3.15. The van der Waals surface area contributed by atoms with E-state index in [2.05, 4.69) is 45.0 Å². The molecule has 0 radical (unpaired) electrons. The molecule has 1 heteroatoms. The molecule has 78 valence electrons. The van der Waals surface area contributed by atoms with E-state index in [1.54, 1.807) is 0 Å². The van der Waals surface area contributed by atoms with Gasteiger partial charge in [0, 0.05) is 0 Å². The molecule has 0 aliphatic heterocycles. The Balaban J connectivity index is 2.63. The summed E-state index contributed by atoms with van der Waals surface area (Å²) in [6, 6.07) is 8.76. The third-order valence-corrected chi connectivity index (χ3v) is 2.86. The van der Waals surface area contributed by atoms with E-state index in [0.717, 1.165) is 13.0 Å². The number of rotatable bonds is 4. The van der Waals surface area contributed by atoms with E-state index in [-0.39, 0.29) is 0 Å². The summed E-state index contributed by atoms with van der Waals surface area (Å²) >= 11 is 0. The van der Waals surface area contributed by atoms with Crippen LogP contribution in [0.5, 0.6) is 0 Å². The average Bonchev–Trinajstić information content (AvgIpc) is 2.16. The van der Waals surface area contributed by atoms with Gasteiger partial charge in [-0.3, -0.25) is 0 Å². The lowest BCUT2D eigenvalue weighted by atomic mass is 9.89. The Morgan fingerprint density at radius 3 is 2.14 bits per heavy atom. The van der Waals surface area contributed by atoms with Crippen LogP contribution in [0, 0.1) is 18.8 Å². The van der Waals surface area contributed by atoms with E-state index in [4.69, 9.17) is 5.73 Å². The molecular weight excluding hydrogens is 170 g/mol. The molecule has 0 spiro atoms. The highest BCUT2D eigenvalue weighted by atomic mass is 14.5. The van der Waals surface area contributed by atoms with Crippen molar-refractivity contribution in [1.82, 2.24) is 0 Å². The van der Waals surface area contributed by atoms with Crippen LogP contribution in [0.15, 0.2) is 24.3 Å². The number of aryl methyl sites for hydroxylation is 1. The van der Waals surface area contributed by atoms with Crippen molar-refractivity contribution in [3.8, 4) is 0 Å². The van der Waals surface area contributed by atoms with Gasteiger partial charge in [0.05, 0.1) is 0 Å². The molecule has 0 bridgehead atoms. The smallest absolute Gasteiger partial charge is 0.00432 e. The van der Waals surface area contributed by atoms with E-state index in [1.807, 2.05) is 0 Å². The van der Waals surface area contributed by atoms with Crippen molar-refractivity contribution >= 4 is 0 Å². The third-order valence-electron chi connectivity index (χ3n) is 2.86. The van der Waals surface area contributed by atoms with Gasteiger partial charge in [-0.15, -0.1) is 0 Å². The summed E-state index contributed by atoms with van der Waals surface area (Å²) in [7, 11) is 0. The molecular formula is C13H21N. The summed E-state index contributed by atoms with van der Waals surface area (Å²) in [4.78, 5) is 0. The first-order chi connectivity index (χ1) is 6.63. The fourth-order valence-corrected chi connectivity index (χ4v) is 1.62. The van der Waals surface area contributed by atoms with Gasteiger partial charge in [0.25, 0.3) is 0 Å². The van der Waals surface area contributed by atoms with Crippen molar-refractivity contribution < 1.29 is 0 Å². The van der Waals surface area contributed by atoms with Gasteiger partial charge in [0.15, 0.2) is 0 Å². The Bertz CT molecular complexity index is 261. The van der Waals surface area contributed by atoms with Crippen molar-refractivity contribution in [2.75, 3.05) is 6.54 Å². The summed E-state index contributed by atoms with van der Waals surface area (Å²) in [6.45, 7) is 7.38. The average molecular weight is 191 g/mol. The number of nitrogens with two attached hydrogens (primary N) is 1. The van der Waals surface area contributed by atoms with Crippen LogP contribution < -0.4 is 5.73 Å². The zero-order valence-electron chi connectivity index (χ0n) is 9.46. The van der Waals surface area contributed by atoms with Gasteiger partial charge in [-0.2, -0.15) is 0 Å². The molecule has 0 fully saturated rings. The maximum absolute atomic E-state index is 5.75. The summed E-state index contributed by atoms with van der Waals surface area (Å²) in [6.07, 6.45) is 1.11. The standard InChI is InChI=1S/C13H21N/c1-10(2)13(9-14)8-12-6-4-11(3)5-7-12/h4-7,10,13H,8-9,14H2,1-3H3. The first kappa shape index (κ1) is 11.3. The van der Waals surface area contributed by atoms with Gasteiger partial charge < -0.3 is 5.73 Å². The molecule has 1 atom stereocenters. The zero-order valence-corrected chi connectivity index (χ0v) is 9.46. The maximum Gasteiger partial charge on any atom is -0.00432 e. The van der Waals surface area contributed by atoms with E-state index >= 15 is 0 Å². The highest BCUT2D eigenvalue weighted by Gasteiger charge is 2.11. The van der Waals surface area contributed by atoms with Crippen LogP contribution in [0.3, 0.4) is 0 Å². The van der Waals surface area contributed by atoms with Gasteiger partial charge in [-0.25, -0.2) is 0 Å². The van der Waals surface area contributed by atoms with Crippen LogP contribution in [0.2, 0.25) is 0 Å². The highest BCUT2D eigenvalue weighted by molar-refractivity contribution is 5.21. The molecule has 0 aliphatic rings. The molecule has 1 aromatic carbocycles. The molecule has 1 rings (SSSR count). The van der Waals surface area contributed by atoms with Crippen molar-refractivity contribution in [2.45, 2.75) is 27.2 Å². The molecule has 0 saturated heterocycles. The minimum absolute atomic E-state index is 0.609. The fourth-order valence-electron chi connectivity index (χ4n) is 1.62. The first-order valence-electron chi connectivity index (χ1n) is 5.39. The van der Waals surface area contributed by atoms with Gasteiger partial charge >= 0.3 is 0 Å². The van der Waals surface area contributed by atoms with Crippen LogP contribution in [0.4, 0.5) is 0 Å². The van der Waals surface area contributed by atoms with Crippen molar-refractivity contribution in [2.24, 2.45) is 17.6 Å². The molecule has 1 aromatic rings. The Hall–Kier alpha value is -0.820. The first-order valence-corrected chi connectivity index (χ1v) is 5.39. The quantitative estimate of drug-likeness (QED) is 0.778. The van der Waals surface area contributed by atoms with Crippen molar-refractivity contribution in [3.05, 3.63) is 35.4 Å². The van der Waals surface area contributed by atoms with E-state index in [9.17, 15) is 0 Å². The van der Waals surface area contributed by atoms with Gasteiger partial charge in [-0.05, 0) is 37.3 Å². The molecule has 14 heavy (non-hydrogen) atoms. The molecule has 1 nitrogen and oxygen atoms in total. The molecule has 0 aliphatic carbocycles. The molecule has 1 unspecified atom stereocenters. The SMILES string of the molecule is Cc1ccc(CC(CN)C(C)C)cc1. The minimum atomic E-state index is 0.609. The van der Waals surface area contributed by atoms with Gasteiger partial charge in [0.1, 0.15) is 0 Å². The Kier molecular flexibility index (Phi) is 4.15. The van der Waals surface area contributed by atoms with Crippen LogP contribution in [-0.2, 0) is 6.42 Å². The van der Waals surface area contributed by atoms with Crippen molar-refractivity contribution in [1.29, 1.82) is 0 Å². The van der Waals surface area contributed by atoms with Crippen LogP contribution >= 0.6 is 0 Å². The second-order valence-corrected chi connectivity index (χ2v) is 4.43.